The second-order valence-electron chi connectivity index (χ2n) is 8.32. The summed E-state index contributed by atoms with van der Waals surface area (Å²) in [6.07, 6.45) is 0. The van der Waals surface area contributed by atoms with Crippen molar-refractivity contribution < 1.29 is 19.1 Å². The van der Waals surface area contributed by atoms with E-state index in [9.17, 15) is 14.4 Å². The molecule has 2 aliphatic heterocycles. The van der Waals surface area contributed by atoms with Gasteiger partial charge in [0.15, 0.2) is 0 Å². The van der Waals surface area contributed by atoms with Crippen LogP contribution in [0.1, 0.15) is 17.3 Å². The van der Waals surface area contributed by atoms with Crippen LogP contribution in [0.25, 0.3) is 0 Å². The van der Waals surface area contributed by atoms with Gasteiger partial charge >= 0.3 is 6.03 Å². The summed E-state index contributed by atoms with van der Waals surface area (Å²) in [6.45, 7) is 6.01. The minimum Gasteiger partial charge on any atom is -0.492 e. The molecular weight excluding hydrogens is 440 g/mol. The molecule has 2 fully saturated rings. The molecule has 1 atom stereocenters. The highest BCUT2D eigenvalue weighted by Crippen LogP contribution is 2.28. The summed E-state index contributed by atoms with van der Waals surface area (Å²) in [4.78, 5) is 41.8. The van der Waals surface area contributed by atoms with Crippen LogP contribution in [0.15, 0.2) is 59.5 Å². The fourth-order valence-electron chi connectivity index (χ4n) is 3.83. The van der Waals surface area contributed by atoms with Crippen LogP contribution < -0.4 is 15.4 Å². The number of hydrogen-bond donors (Lipinski definition) is 2. The molecule has 0 aromatic heterocycles. The molecule has 2 aromatic carbocycles. The lowest BCUT2D eigenvalue weighted by Crippen LogP contribution is -2.49. The highest BCUT2D eigenvalue weighted by Gasteiger charge is 2.42. The van der Waals surface area contributed by atoms with E-state index in [0.29, 0.717) is 31.0 Å². The Morgan fingerprint density at radius 2 is 1.73 bits per heavy atom. The lowest BCUT2D eigenvalue weighted by Gasteiger charge is -2.35. The van der Waals surface area contributed by atoms with Gasteiger partial charge in [0.05, 0.1) is 5.56 Å². The van der Waals surface area contributed by atoms with Crippen molar-refractivity contribution in [2.45, 2.75) is 17.4 Å². The normalized spacial score (nSPS) is 20.9. The summed E-state index contributed by atoms with van der Waals surface area (Å²) in [7, 11) is 0. The summed E-state index contributed by atoms with van der Waals surface area (Å²) in [5.74, 6) is 0.841. The highest BCUT2D eigenvalue weighted by atomic mass is 32.2. The van der Waals surface area contributed by atoms with Crippen molar-refractivity contribution in [3.63, 3.8) is 0 Å². The van der Waals surface area contributed by atoms with Crippen molar-refractivity contribution >= 4 is 29.6 Å². The maximum absolute atomic E-state index is 13.2. The molecule has 33 heavy (non-hydrogen) atoms. The van der Waals surface area contributed by atoms with Gasteiger partial charge in [-0.25, -0.2) is 4.79 Å². The third-order valence-electron chi connectivity index (χ3n) is 5.83. The molecule has 0 bridgehead atoms. The van der Waals surface area contributed by atoms with E-state index < -0.39 is 11.6 Å². The summed E-state index contributed by atoms with van der Waals surface area (Å²) >= 11 is 1.40. The third-order valence-corrected chi connectivity index (χ3v) is 7.22. The zero-order chi connectivity index (χ0) is 23.3. The molecule has 9 heteroatoms. The topological polar surface area (TPSA) is 91.0 Å². The van der Waals surface area contributed by atoms with Crippen molar-refractivity contribution in [2.75, 3.05) is 45.1 Å². The number of carbonyl (C=O) groups is 3. The molecule has 2 aliphatic rings. The zero-order valence-electron chi connectivity index (χ0n) is 18.6. The summed E-state index contributed by atoms with van der Waals surface area (Å²) < 4.78 is 5.78. The van der Waals surface area contributed by atoms with Crippen molar-refractivity contribution in [1.82, 2.24) is 20.4 Å². The van der Waals surface area contributed by atoms with E-state index in [0.717, 1.165) is 30.3 Å². The average molecular weight is 469 g/mol. The maximum atomic E-state index is 13.2. The van der Waals surface area contributed by atoms with Crippen LogP contribution in [-0.2, 0) is 4.79 Å². The van der Waals surface area contributed by atoms with E-state index in [2.05, 4.69) is 15.5 Å². The third kappa shape index (κ3) is 5.66. The van der Waals surface area contributed by atoms with Crippen LogP contribution >= 0.6 is 11.8 Å². The standard InChI is InChI=1S/C24H28N4O4S/c1-24(22(30)25-23(31)26-24)17-33-20-10-6-5-9-19(20)21(29)28-13-11-27(12-14-28)15-16-32-18-7-3-2-4-8-18/h2-10H,11-17H2,1H3,(H2,25,26,30,31)/t24-/m0/s1. The van der Waals surface area contributed by atoms with Gasteiger partial charge in [-0.05, 0) is 31.2 Å². The molecule has 0 spiro atoms. The number of ether oxygens (including phenoxy) is 1. The maximum Gasteiger partial charge on any atom is 0.322 e. The Kier molecular flexibility index (Phi) is 7.20. The van der Waals surface area contributed by atoms with E-state index in [1.807, 2.05) is 59.5 Å². The van der Waals surface area contributed by atoms with Crippen molar-refractivity contribution in [2.24, 2.45) is 0 Å². The number of imide groups is 1. The highest BCUT2D eigenvalue weighted by molar-refractivity contribution is 7.99. The van der Waals surface area contributed by atoms with E-state index >= 15 is 0 Å². The van der Waals surface area contributed by atoms with Gasteiger partial charge in [-0.1, -0.05) is 30.3 Å². The molecule has 4 rings (SSSR count). The molecule has 174 valence electrons. The van der Waals surface area contributed by atoms with Crippen LogP contribution in [-0.4, -0.2) is 78.3 Å². The Labute approximate surface area is 197 Å². The Morgan fingerprint density at radius 3 is 2.42 bits per heavy atom. The lowest BCUT2D eigenvalue weighted by atomic mass is 10.1. The first-order valence-corrected chi connectivity index (χ1v) is 12.0. The van der Waals surface area contributed by atoms with Crippen molar-refractivity contribution in [3.05, 3.63) is 60.2 Å². The van der Waals surface area contributed by atoms with E-state index in [4.69, 9.17) is 4.74 Å². The molecule has 0 unspecified atom stereocenters. The summed E-state index contributed by atoms with van der Waals surface area (Å²) in [6, 6.07) is 16.7. The smallest absolute Gasteiger partial charge is 0.322 e. The Bertz CT molecular complexity index is 1010. The molecule has 4 amide bonds. The number of urea groups is 1. The average Bonchev–Trinajstić information content (AvgIpc) is 3.10. The number of thioether (sulfide) groups is 1. The fraction of sp³-hybridized carbons (Fsp3) is 0.375. The Morgan fingerprint density at radius 1 is 1.03 bits per heavy atom. The molecule has 2 heterocycles. The largest absolute Gasteiger partial charge is 0.492 e. The molecular formula is C24H28N4O4S. The van der Waals surface area contributed by atoms with Crippen LogP contribution in [0.5, 0.6) is 5.75 Å². The van der Waals surface area contributed by atoms with Gasteiger partial charge in [-0.3, -0.25) is 19.8 Å². The van der Waals surface area contributed by atoms with E-state index in [-0.39, 0.29) is 11.8 Å². The SMILES string of the molecule is C[C@@]1(CSc2ccccc2C(=O)N2CCN(CCOc3ccccc3)CC2)NC(=O)NC1=O. The number of amides is 4. The predicted octanol–water partition coefficient (Wildman–Crippen LogP) is 2.21. The number of benzene rings is 2. The quantitative estimate of drug-likeness (QED) is 0.456. The van der Waals surface area contributed by atoms with Crippen molar-refractivity contribution in [1.29, 1.82) is 0 Å². The summed E-state index contributed by atoms with van der Waals surface area (Å²) in [5, 5.41) is 4.93. The van der Waals surface area contributed by atoms with Crippen LogP contribution in [0.2, 0.25) is 0 Å². The van der Waals surface area contributed by atoms with Gasteiger partial charge in [0.2, 0.25) is 0 Å². The van der Waals surface area contributed by atoms with Crippen molar-refractivity contribution in [3.8, 4) is 5.75 Å². The first-order chi connectivity index (χ1) is 15.9. The number of hydrogen-bond acceptors (Lipinski definition) is 6. The first kappa shape index (κ1) is 23.1. The van der Waals surface area contributed by atoms with Crippen LogP contribution in [0.3, 0.4) is 0 Å². The fourth-order valence-corrected chi connectivity index (χ4v) is 4.96. The second-order valence-corrected chi connectivity index (χ2v) is 9.34. The van der Waals surface area contributed by atoms with Gasteiger partial charge in [0, 0.05) is 43.4 Å². The number of nitrogens with one attached hydrogen (secondary N) is 2. The molecule has 0 radical (unpaired) electrons. The van der Waals surface area contributed by atoms with Crippen LogP contribution in [0, 0.1) is 0 Å². The molecule has 2 N–H and O–H groups in total. The lowest BCUT2D eigenvalue weighted by molar-refractivity contribution is -0.122. The Balaban J connectivity index is 1.29. The molecule has 0 saturated carbocycles. The number of piperazine rings is 1. The molecule has 0 aliphatic carbocycles. The summed E-state index contributed by atoms with van der Waals surface area (Å²) in [5.41, 5.74) is -0.373. The van der Waals surface area contributed by atoms with E-state index in [1.165, 1.54) is 11.8 Å². The molecule has 8 nitrogen and oxygen atoms in total. The predicted molar refractivity (Wildman–Crippen MR) is 127 cm³/mol. The molecule has 2 aromatic rings. The zero-order valence-corrected chi connectivity index (χ0v) is 19.4. The number of rotatable bonds is 8. The van der Waals surface area contributed by atoms with E-state index in [1.54, 1.807) is 6.92 Å². The number of nitrogens with zero attached hydrogens (tertiary/aromatic N) is 2. The Hall–Kier alpha value is -3.04. The van der Waals surface area contributed by atoms with Gasteiger partial charge in [0.1, 0.15) is 17.9 Å². The minimum atomic E-state index is -0.995. The minimum absolute atomic E-state index is 0.0108. The molecule has 2 saturated heterocycles. The monoisotopic (exact) mass is 468 g/mol. The first-order valence-electron chi connectivity index (χ1n) is 11.0. The van der Waals surface area contributed by atoms with Gasteiger partial charge in [-0.15, -0.1) is 11.8 Å². The van der Waals surface area contributed by atoms with Gasteiger partial charge < -0.3 is 15.0 Å². The van der Waals surface area contributed by atoms with Gasteiger partial charge in [-0.2, -0.15) is 0 Å². The second kappa shape index (κ2) is 10.3. The number of para-hydroxylation sites is 1. The van der Waals surface area contributed by atoms with Crippen LogP contribution in [0.4, 0.5) is 4.79 Å². The van der Waals surface area contributed by atoms with Gasteiger partial charge in [0.25, 0.3) is 11.8 Å². The number of carbonyl (C=O) groups excluding carboxylic acids is 3.